The summed E-state index contributed by atoms with van der Waals surface area (Å²) in [5.74, 6) is 0. The Kier molecular flexibility index (Phi) is 2.88. The second-order valence-electron chi connectivity index (χ2n) is 3.82. The lowest BCUT2D eigenvalue weighted by Crippen LogP contribution is -2.29. The maximum atomic E-state index is 12.1. The van der Waals surface area contributed by atoms with E-state index in [0.29, 0.717) is 11.3 Å². The summed E-state index contributed by atoms with van der Waals surface area (Å²) >= 11 is 12.0. The molecule has 17 heavy (non-hydrogen) atoms. The molecule has 1 heterocycles. The minimum Gasteiger partial charge on any atom is -0.200 e. The maximum absolute atomic E-state index is 12.1. The highest BCUT2D eigenvalue weighted by atomic mass is 35.5. The summed E-state index contributed by atoms with van der Waals surface area (Å²) in [6.07, 6.45) is 0. The molecule has 92 valence electrons. The molecule has 0 amide bonds. The molecule has 1 aromatic carbocycles. The lowest BCUT2D eigenvalue weighted by Gasteiger charge is -2.24. The molecule has 0 radical (unpaired) electrons. The van der Waals surface area contributed by atoms with E-state index in [9.17, 15) is 8.42 Å². The van der Waals surface area contributed by atoms with Crippen molar-refractivity contribution < 1.29 is 8.42 Å². The molecule has 0 N–H and O–H groups in total. The number of hydrazone groups is 1. The van der Waals surface area contributed by atoms with Crippen LogP contribution in [0.15, 0.2) is 16.1 Å². The number of rotatable bonds is 0. The fraction of sp³-hybridized carbons (Fsp3) is 0.300. The van der Waals surface area contributed by atoms with Crippen LogP contribution in [0, 0.1) is 6.92 Å². The quantitative estimate of drug-likeness (QED) is 0.738. The van der Waals surface area contributed by atoms with Crippen molar-refractivity contribution in [2.24, 2.45) is 5.10 Å². The Bertz CT molecular complexity index is 638. The first-order valence-electron chi connectivity index (χ1n) is 4.80. The molecule has 0 saturated heterocycles. The molecular formula is C10H10Cl2N2O2S. The first-order chi connectivity index (χ1) is 7.76. The van der Waals surface area contributed by atoms with E-state index in [1.54, 1.807) is 19.9 Å². The highest BCUT2D eigenvalue weighted by Crippen LogP contribution is 2.38. The van der Waals surface area contributed by atoms with Crippen molar-refractivity contribution in [2.45, 2.75) is 18.7 Å². The molecule has 0 atom stereocenters. The van der Waals surface area contributed by atoms with Gasteiger partial charge in [-0.1, -0.05) is 23.2 Å². The molecule has 0 aromatic heterocycles. The van der Waals surface area contributed by atoms with Crippen LogP contribution >= 0.6 is 23.2 Å². The molecule has 4 nitrogen and oxygen atoms in total. The Morgan fingerprint density at radius 2 is 1.82 bits per heavy atom. The molecule has 2 rings (SSSR count). The number of sulfonamides is 1. The van der Waals surface area contributed by atoms with Crippen molar-refractivity contribution in [2.75, 3.05) is 7.05 Å². The summed E-state index contributed by atoms with van der Waals surface area (Å²) in [4.78, 5) is 0.0322. The zero-order chi connectivity index (χ0) is 13.0. The van der Waals surface area contributed by atoms with Crippen molar-refractivity contribution in [3.63, 3.8) is 0 Å². The van der Waals surface area contributed by atoms with Gasteiger partial charge in [-0.3, -0.25) is 0 Å². The van der Waals surface area contributed by atoms with Crippen LogP contribution in [0.5, 0.6) is 0 Å². The van der Waals surface area contributed by atoms with E-state index in [-0.39, 0.29) is 14.9 Å². The van der Waals surface area contributed by atoms with Gasteiger partial charge in [0.05, 0.1) is 15.8 Å². The van der Waals surface area contributed by atoms with Gasteiger partial charge in [-0.25, -0.2) is 0 Å². The predicted octanol–water partition coefficient (Wildman–Crippen LogP) is 2.66. The average Bonchev–Trinajstić information content (AvgIpc) is 2.22. The van der Waals surface area contributed by atoms with E-state index in [1.807, 2.05) is 0 Å². The molecule has 0 fully saturated rings. The zero-order valence-electron chi connectivity index (χ0n) is 9.45. The largest absolute Gasteiger partial charge is 0.280 e. The normalized spacial score (nSPS) is 17.7. The molecular weight excluding hydrogens is 283 g/mol. The third-order valence-electron chi connectivity index (χ3n) is 2.63. The van der Waals surface area contributed by atoms with Gasteiger partial charge in [0, 0.05) is 12.6 Å². The lowest BCUT2D eigenvalue weighted by molar-refractivity contribution is 0.485. The number of aryl methyl sites for hydroxylation is 1. The number of nitrogens with zero attached hydrogens (tertiary/aromatic N) is 2. The summed E-state index contributed by atoms with van der Waals surface area (Å²) < 4.78 is 25.1. The van der Waals surface area contributed by atoms with Crippen LogP contribution in [-0.4, -0.2) is 25.6 Å². The van der Waals surface area contributed by atoms with Gasteiger partial charge in [-0.15, -0.1) is 0 Å². The Labute approximate surface area is 110 Å². The van der Waals surface area contributed by atoms with E-state index in [1.165, 1.54) is 7.05 Å². The SMILES string of the molecule is CC1=NN(C)S(=O)(=O)c2c1cc(C)c(Cl)c2Cl. The number of hydrogen-bond donors (Lipinski definition) is 0. The minimum absolute atomic E-state index is 0.0322. The first kappa shape index (κ1) is 12.7. The van der Waals surface area contributed by atoms with Crippen LogP contribution < -0.4 is 0 Å². The van der Waals surface area contributed by atoms with Crippen molar-refractivity contribution in [1.29, 1.82) is 0 Å². The van der Waals surface area contributed by atoms with Crippen LogP contribution in [-0.2, 0) is 10.0 Å². The molecule has 0 unspecified atom stereocenters. The Balaban J connectivity index is 2.95. The molecule has 0 aliphatic carbocycles. The summed E-state index contributed by atoms with van der Waals surface area (Å²) in [5.41, 5.74) is 1.83. The van der Waals surface area contributed by atoms with Crippen LogP contribution in [0.3, 0.4) is 0 Å². The third-order valence-corrected chi connectivity index (χ3v) is 5.42. The second kappa shape index (κ2) is 3.86. The fourth-order valence-corrected chi connectivity index (χ4v) is 3.76. The van der Waals surface area contributed by atoms with Crippen molar-refractivity contribution in [3.8, 4) is 0 Å². The average molecular weight is 293 g/mol. The number of hydrogen-bond acceptors (Lipinski definition) is 3. The molecule has 7 heteroatoms. The van der Waals surface area contributed by atoms with Gasteiger partial charge < -0.3 is 0 Å². The van der Waals surface area contributed by atoms with Crippen molar-refractivity contribution >= 4 is 38.9 Å². The number of halogens is 2. The van der Waals surface area contributed by atoms with Gasteiger partial charge in [0.1, 0.15) is 4.90 Å². The van der Waals surface area contributed by atoms with Gasteiger partial charge in [-0.05, 0) is 25.5 Å². The summed E-state index contributed by atoms with van der Waals surface area (Å²) in [6, 6.07) is 1.69. The predicted molar refractivity (Wildman–Crippen MR) is 68.4 cm³/mol. The van der Waals surface area contributed by atoms with Gasteiger partial charge in [0.15, 0.2) is 0 Å². The van der Waals surface area contributed by atoms with Gasteiger partial charge in [0.25, 0.3) is 10.0 Å². The zero-order valence-corrected chi connectivity index (χ0v) is 11.8. The highest BCUT2D eigenvalue weighted by molar-refractivity contribution is 7.89. The second-order valence-corrected chi connectivity index (χ2v) is 6.47. The number of fused-ring (bicyclic) bond motifs is 1. The Morgan fingerprint density at radius 1 is 1.24 bits per heavy atom. The monoisotopic (exact) mass is 292 g/mol. The molecule has 1 aromatic rings. The van der Waals surface area contributed by atoms with Crippen LogP contribution in [0.4, 0.5) is 0 Å². The van der Waals surface area contributed by atoms with Crippen molar-refractivity contribution in [1.82, 2.24) is 4.41 Å². The highest BCUT2D eigenvalue weighted by Gasteiger charge is 2.33. The fourth-order valence-electron chi connectivity index (χ4n) is 1.71. The van der Waals surface area contributed by atoms with Crippen LogP contribution in [0.25, 0.3) is 0 Å². The van der Waals surface area contributed by atoms with E-state index >= 15 is 0 Å². The number of benzene rings is 1. The lowest BCUT2D eigenvalue weighted by atomic mass is 10.1. The van der Waals surface area contributed by atoms with Gasteiger partial charge >= 0.3 is 0 Å². The van der Waals surface area contributed by atoms with Gasteiger partial charge in [-0.2, -0.15) is 17.9 Å². The molecule has 1 aliphatic heterocycles. The molecule has 0 bridgehead atoms. The summed E-state index contributed by atoms with van der Waals surface area (Å²) in [5, 5.41) is 4.27. The summed E-state index contributed by atoms with van der Waals surface area (Å²) in [7, 11) is -2.33. The van der Waals surface area contributed by atoms with Crippen molar-refractivity contribution in [3.05, 3.63) is 27.2 Å². The molecule has 1 aliphatic rings. The van der Waals surface area contributed by atoms with Crippen LogP contribution in [0.2, 0.25) is 10.0 Å². The standard InChI is InChI=1S/C10H10Cl2N2O2S/c1-5-4-7-6(2)13-14(3)17(15,16)10(7)9(12)8(5)11/h4H,1-3H3. The van der Waals surface area contributed by atoms with E-state index in [2.05, 4.69) is 5.10 Å². The first-order valence-corrected chi connectivity index (χ1v) is 6.99. The van der Waals surface area contributed by atoms with E-state index in [4.69, 9.17) is 23.2 Å². The Morgan fingerprint density at radius 3 is 2.41 bits per heavy atom. The maximum Gasteiger partial charge on any atom is 0.280 e. The topological polar surface area (TPSA) is 49.7 Å². The third kappa shape index (κ3) is 1.73. The Hall–Kier alpha value is -0.780. The summed E-state index contributed by atoms with van der Waals surface area (Å²) in [6.45, 7) is 3.50. The smallest absolute Gasteiger partial charge is 0.200 e. The molecule has 0 spiro atoms. The van der Waals surface area contributed by atoms with E-state index in [0.717, 1.165) is 9.98 Å². The van der Waals surface area contributed by atoms with E-state index < -0.39 is 10.0 Å². The van der Waals surface area contributed by atoms with Gasteiger partial charge in [0.2, 0.25) is 0 Å². The minimum atomic E-state index is -3.69. The van der Waals surface area contributed by atoms with Crippen LogP contribution in [0.1, 0.15) is 18.1 Å². The molecule has 0 saturated carbocycles.